The number of nitrogen functional groups attached to an aromatic ring is 2. The van der Waals surface area contributed by atoms with E-state index in [0.717, 1.165) is 9.79 Å². The van der Waals surface area contributed by atoms with E-state index in [-0.39, 0.29) is 5.97 Å². The summed E-state index contributed by atoms with van der Waals surface area (Å²) < 4.78 is 4.94. The topological polar surface area (TPSA) is 78.3 Å². The number of carbonyl (C=O) groups is 1. The Labute approximate surface area is 122 Å². The number of hydrogen-bond donors (Lipinski definition) is 2. The molecule has 0 amide bonds. The number of carbonyl (C=O) groups excluding carboxylic acids is 1. The highest BCUT2D eigenvalue weighted by molar-refractivity contribution is 7.99. The van der Waals surface area contributed by atoms with E-state index in [4.69, 9.17) is 16.2 Å². The van der Waals surface area contributed by atoms with Crippen LogP contribution in [0.5, 0.6) is 0 Å². The molecule has 0 saturated carbocycles. The number of ether oxygens (including phenoxy) is 1. The predicted molar refractivity (Wildman–Crippen MR) is 81.8 cm³/mol. The van der Waals surface area contributed by atoms with Crippen molar-refractivity contribution in [3.05, 3.63) is 48.0 Å². The minimum absolute atomic E-state index is 0.305. The molecule has 0 heterocycles. The first-order chi connectivity index (χ1) is 9.60. The van der Waals surface area contributed by atoms with Gasteiger partial charge in [-0.1, -0.05) is 11.8 Å². The molecule has 2 rings (SSSR count). The third kappa shape index (κ3) is 3.45. The SMILES string of the molecule is CCOC(=O)c1ccc(Sc2ccc(N)c(N)c2)cc1. The van der Waals surface area contributed by atoms with E-state index < -0.39 is 0 Å². The summed E-state index contributed by atoms with van der Waals surface area (Å²) in [5, 5.41) is 0. The molecule has 5 heteroatoms. The van der Waals surface area contributed by atoms with Crippen molar-refractivity contribution in [3.8, 4) is 0 Å². The lowest BCUT2D eigenvalue weighted by atomic mass is 10.2. The lowest BCUT2D eigenvalue weighted by Crippen LogP contribution is -2.03. The van der Waals surface area contributed by atoms with Gasteiger partial charge in [0.15, 0.2) is 0 Å². The maximum atomic E-state index is 11.5. The van der Waals surface area contributed by atoms with Gasteiger partial charge in [0, 0.05) is 9.79 Å². The molecule has 4 N–H and O–H groups in total. The summed E-state index contributed by atoms with van der Waals surface area (Å²) in [4.78, 5) is 13.6. The van der Waals surface area contributed by atoms with E-state index in [2.05, 4.69) is 0 Å². The summed E-state index contributed by atoms with van der Waals surface area (Å²) >= 11 is 1.56. The summed E-state index contributed by atoms with van der Waals surface area (Å²) in [6.45, 7) is 2.16. The summed E-state index contributed by atoms with van der Waals surface area (Å²) in [7, 11) is 0. The molecule has 0 atom stereocenters. The lowest BCUT2D eigenvalue weighted by Gasteiger charge is -2.06. The second-order valence-electron chi connectivity index (χ2n) is 4.14. The van der Waals surface area contributed by atoms with Crippen LogP contribution in [-0.2, 0) is 4.74 Å². The third-order valence-corrected chi connectivity index (χ3v) is 3.66. The summed E-state index contributed by atoms with van der Waals surface area (Å²) in [5.41, 5.74) is 13.1. The Bertz CT molecular complexity index is 612. The van der Waals surface area contributed by atoms with Crippen LogP contribution in [0.25, 0.3) is 0 Å². The van der Waals surface area contributed by atoms with Crippen molar-refractivity contribution >= 4 is 29.1 Å². The molecule has 0 radical (unpaired) electrons. The molecule has 2 aromatic rings. The fourth-order valence-corrected chi connectivity index (χ4v) is 2.49. The third-order valence-electron chi connectivity index (χ3n) is 2.66. The van der Waals surface area contributed by atoms with E-state index in [0.29, 0.717) is 23.5 Å². The molecule has 2 aromatic carbocycles. The molecule has 0 aliphatic rings. The molecule has 0 unspecified atom stereocenters. The van der Waals surface area contributed by atoms with Gasteiger partial charge < -0.3 is 16.2 Å². The highest BCUT2D eigenvalue weighted by Crippen LogP contribution is 2.30. The van der Waals surface area contributed by atoms with E-state index in [1.54, 1.807) is 36.9 Å². The van der Waals surface area contributed by atoms with Gasteiger partial charge in [-0.3, -0.25) is 0 Å². The summed E-state index contributed by atoms with van der Waals surface area (Å²) in [5.74, 6) is -0.305. The normalized spacial score (nSPS) is 10.2. The number of benzene rings is 2. The molecule has 0 aliphatic carbocycles. The molecule has 0 aliphatic heterocycles. The quantitative estimate of drug-likeness (QED) is 0.667. The average Bonchev–Trinajstić information content (AvgIpc) is 2.44. The molecule has 0 spiro atoms. The number of esters is 1. The fourth-order valence-electron chi connectivity index (χ4n) is 1.63. The van der Waals surface area contributed by atoms with E-state index in [1.807, 2.05) is 24.3 Å². The van der Waals surface area contributed by atoms with Crippen molar-refractivity contribution in [2.75, 3.05) is 18.1 Å². The van der Waals surface area contributed by atoms with Crippen molar-refractivity contribution in [3.63, 3.8) is 0 Å². The number of anilines is 2. The zero-order valence-electron chi connectivity index (χ0n) is 11.1. The first-order valence-corrected chi connectivity index (χ1v) is 7.02. The fraction of sp³-hybridized carbons (Fsp3) is 0.133. The second-order valence-corrected chi connectivity index (χ2v) is 5.28. The number of hydrogen-bond acceptors (Lipinski definition) is 5. The molecule has 0 bridgehead atoms. The Morgan fingerprint density at radius 1 is 1.05 bits per heavy atom. The van der Waals surface area contributed by atoms with Crippen LogP contribution in [0.3, 0.4) is 0 Å². The molecule has 0 saturated heterocycles. The first kappa shape index (κ1) is 14.3. The maximum Gasteiger partial charge on any atom is 0.338 e. The smallest absolute Gasteiger partial charge is 0.338 e. The molecule has 0 aromatic heterocycles. The molecule has 20 heavy (non-hydrogen) atoms. The van der Waals surface area contributed by atoms with Crippen molar-refractivity contribution in [2.45, 2.75) is 16.7 Å². The second kappa shape index (κ2) is 6.34. The van der Waals surface area contributed by atoms with Gasteiger partial charge in [0.1, 0.15) is 0 Å². The van der Waals surface area contributed by atoms with Crippen molar-refractivity contribution in [1.29, 1.82) is 0 Å². The van der Waals surface area contributed by atoms with E-state index in [9.17, 15) is 4.79 Å². The zero-order valence-corrected chi connectivity index (χ0v) is 11.9. The molecule has 4 nitrogen and oxygen atoms in total. The van der Waals surface area contributed by atoms with Gasteiger partial charge in [0.25, 0.3) is 0 Å². The highest BCUT2D eigenvalue weighted by atomic mass is 32.2. The van der Waals surface area contributed by atoms with Gasteiger partial charge >= 0.3 is 5.97 Å². The maximum absolute atomic E-state index is 11.5. The largest absolute Gasteiger partial charge is 0.462 e. The minimum atomic E-state index is -0.305. The van der Waals surface area contributed by atoms with Gasteiger partial charge in [-0.05, 0) is 49.4 Å². The Morgan fingerprint density at radius 3 is 2.30 bits per heavy atom. The Morgan fingerprint density at radius 2 is 1.70 bits per heavy atom. The Kier molecular flexibility index (Phi) is 4.53. The lowest BCUT2D eigenvalue weighted by molar-refractivity contribution is 0.0526. The zero-order chi connectivity index (χ0) is 14.5. The van der Waals surface area contributed by atoms with Gasteiger partial charge in [-0.25, -0.2) is 4.79 Å². The van der Waals surface area contributed by atoms with Crippen LogP contribution < -0.4 is 11.5 Å². The summed E-state index contributed by atoms with van der Waals surface area (Å²) in [6, 6.07) is 12.8. The molecule has 104 valence electrons. The highest BCUT2D eigenvalue weighted by Gasteiger charge is 2.06. The predicted octanol–water partition coefficient (Wildman–Crippen LogP) is 3.18. The number of nitrogens with two attached hydrogens (primary N) is 2. The van der Waals surface area contributed by atoms with Crippen LogP contribution in [0.1, 0.15) is 17.3 Å². The van der Waals surface area contributed by atoms with E-state index in [1.165, 1.54) is 0 Å². The van der Waals surface area contributed by atoms with Crippen molar-refractivity contribution in [1.82, 2.24) is 0 Å². The van der Waals surface area contributed by atoms with Crippen LogP contribution in [0.15, 0.2) is 52.3 Å². The van der Waals surface area contributed by atoms with Gasteiger partial charge in [-0.15, -0.1) is 0 Å². The van der Waals surface area contributed by atoms with Crippen LogP contribution in [0.4, 0.5) is 11.4 Å². The summed E-state index contributed by atoms with van der Waals surface area (Å²) in [6.07, 6.45) is 0. The molecular formula is C15H16N2O2S. The minimum Gasteiger partial charge on any atom is -0.462 e. The monoisotopic (exact) mass is 288 g/mol. The average molecular weight is 288 g/mol. The van der Waals surface area contributed by atoms with Crippen LogP contribution in [0, 0.1) is 0 Å². The molecular weight excluding hydrogens is 272 g/mol. The first-order valence-electron chi connectivity index (χ1n) is 6.20. The number of rotatable bonds is 4. The van der Waals surface area contributed by atoms with Gasteiger partial charge in [0.05, 0.1) is 23.5 Å². The van der Waals surface area contributed by atoms with Crippen molar-refractivity contribution < 1.29 is 9.53 Å². The van der Waals surface area contributed by atoms with Gasteiger partial charge in [-0.2, -0.15) is 0 Å². The standard InChI is InChI=1S/C15H16N2O2S/c1-2-19-15(18)10-3-5-11(6-4-10)20-12-7-8-13(16)14(17)9-12/h3-9H,2,16-17H2,1H3. The Hall–Kier alpha value is -2.14. The Balaban J connectivity index is 2.10. The van der Waals surface area contributed by atoms with Gasteiger partial charge in [0.2, 0.25) is 0 Å². The van der Waals surface area contributed by atoms with E-state index >= 15 is 0 Å². The van der Waals surface area contributed by atoms with Crippen LogP contribution in [-0.4, -0.2) is 12.6 Å². The molecule has 0 fully saturated rings. The van der Waals surface area contributed by atoms with Crippen LogP contribution >= 0.6 is 11.8 Å². The van der Waals surface area contributed by atoms with Crippen LogP contribution in [0.2, 0.25) is 0 Å². The van der Waals surface area contributed by atoms with Crippen molar-refractivity contribution in [2.24, 2.45) is 0 Å².